The number of rotatable bonds is 3. The summed E-state index contributed by atoms with van der Waals surface area (Å²) in [4.78, 5) is 12.1. The van der Waals surface area contributed by atoms with Gasteiger partial charge in [0, 0.05) is 5.69 Å². The summed E-state index contributed by atoms with van der Waals surface area (Å²) in [5.74, 6) is -0.802. The fraction of sp³-hybridized carbons (Fsp3) is 0.133. The van der Waals surface area contributed by atoms with Gasteiger partial charge in [-0.1, -0.05) is 30.3 Å². The Labute approximate surface area is 125 Å². The first kappa shape index (κ1) is 13.9. The van der Waals surface area contributed by atoms with Crippen LogP contribution in [-0.4, -0.2) is 11.1 Å². The van der Waals surface area contributed by atoms with Gasteiger partial charge in [0.15, 0.2) is 0 Å². The molecule has 1 atom stereocenters. The zero-order valence-corrected chi connectivity index (χ0v) is 11.8. The summed E-state index contributed by atoms with van der Waals surface area (Å²) in [6.45, 7) is 0. The highest BCUT2D eigenvalue weighted by atomic mass is 32.2. The maximum absolute atomic E-state index is 14.0. The summed E-state index contributed by atoms with van der Waals surface area (Å²) in [5, 5.41) is 8.76. The summed E-state index contributed by atoms with van der Waals surface area (Å²) in [7, 11) is 0. The van der Waals surface area contributed by atoms with E-state index in [2.05, 4.69) is 0 Å². The molecule has 0 saturated carbocycles. The standard InChI is InChI=1S/C15H13FN2O2S/c16-12-8-4-7-11-13(9-14(19)17-20)18(21-15(11)12)10-5-2-1-3-6-10/h1-8,13,20H,9H2,(H,17,19). The van der Waals surface area contributed by atoms with Crippen molar-refractivity contribution in [2.75, 3.05) is 4.31 Å². The Kier molecular flexibility index (Phi) is 3.81. The Balaban J connectivity index is 2.01. The van der Waals surface area contributed by atoms with E-state index in [4.69, 9.17) is 5.21 Å². The molecular weight excluding hydrogens is 291 g/mol. The molecule has 0 aliphatic carbocycles. The van der Waals surface area contributed by atoms with Crippen LogP contribution in [0.2, 0.25) is 0 Å². The normalized spacial score (nSPS) is 16.7. The Morgan fingerprint density at radius 2 is 2.00 bits per heavy atom. The molecule has 2 N–H and O–H groups in total. The molecule has 1 amide bonds. The number of carbonyl (C=O) groups excluding carboxylic acids is 1. The molecule has 21 heavy (non-hydrogen) atoms. The highest BCUT2D eigenvalue weighted by Gasteiger charge is 2.34. The molecule has 0 radical (unpaired) electrons. The summed E-state index contributed by atoms with van der Waals surface area (Å²) >= 11 is 1.27. The van der Waals surface area contributed by atoms with Crippen molar-refractivity contribution in [2.24, 2.45) is 0 Å². The number of hydrogen-bond acceptors (Lipinski definition) is 4. The van der Waals surface area contributed by atoms with Crippen molar-refractivity contribution in [3.63, 3.8) is 0 Å². The van der Waals surface area contributed by atoms with E-state index >= 15 is 0 Å². The average Bonchev–Trinajstić information content (AvgIpc) is 2.88. The van der Waals surface area contributed by atoms with Crippen LogP contribution in [0.3, 0.4) is 0 Å². The van der Waals surface area contributed by atoms with Crippen molar-refractivity contribution < 1.29 is 14.4 Å². The monoisotopic (exact) mass is 304 g/mol. The zero-order valence-electron chi connectivity index (χ0n) is 11.0. The Bertz CT molecular complexity index is 666. The highest BCUT2D eigenvalue weighted by molar-refractivity contribution is 8.01. The second kappa shape index (κ2) is 5.75. The third-order valence-electron chi connectivity index (χ3n) is 3.34. The van der Waals surface area contributed by atoms with Crippen molar-refractivity contribution in [1.82, 2.24) is 5.48 Å². The summed E-state index contributed by atoms with van der Waals surface area (Å²) in [6.07, 6.45) is 0.0504. The van der Waals surface area contributed by atoms with Gasteiger partial charge in [-0.15, -0.1) is 0 Å². The van der Waals surface area contributed by atoms with Gasteiger partial charge in [-0.2, -0.15) is 0 Å². The van der Waals surface area contributed by atoms with Crippen LogP contribution in [-0.2, 0) is 4.79 Å². The fourth-order valence-electron chi connectivity index (χ4n) is 2.39. The molecule has 6 heteroatoms. The molecule has 108 valence electrons. The average molecular weight is 304 g/mol. The van der Waals surface area contributed by atoms with Crippen molar-refractivity contribution in [1.29, 1.82) is 0 Å². The minimum atomic E-state index is -0.501. The maximum Gasteiger partial charge on any atom is 0.245 e. The molecule has 1 heterocycles. The topological polar surface area (TPSA) is 52.6 Å². The number of carbonyl (C=O) groups is 1. The van der Waals surface area contributed by atoms with Crippen LogP contribution in [0.25, 0.3) is 0 Å². The number of para-hydroxylation sites is 1. The smallest absolute Gasteiger partial charge is 0.245 e. The molecule has 1 aliphatic rings. The van der Waals surface area contributed by atoms with E-state index < -0.39 is 5.91 Å². The first-order valence-corrected chi connectivity index (χ1v) is 7.21. The van der Waals surface area contributed by atoms with Crippen LogP contribution in [0.4, 0.5) is 10.1 Å². The predicted octanol–water partition coefficient (Wildman–Crippen LogP) is 3.29. The minimum Gasteiger partial charge on any atom is -0.304 e. The van der Waals surface area contributed by atoms with Gasteiger partial charge in [0.25, 0.3) is 0 Å². The minimum absolute atomic E-state index is 0.0504. The fourth-order valence-corrected chi connectivity index (χ4v) is 3.60. The zero-order chi connectivity index (χ0) is 14.8. The summed E-state index contributed by atoms with van der Waals surface area (Å²) in [5.41, 5.74) is 3.28. The van der Waals surface area contributed by atoms with Gasteiger partial charge in [-0.05, 0) is 35.7 Å². The van der Waals surface area contributed by atoms with E-state index in [9.17, 15) is 9.18 Å². The third-order valence-corrected chi connectivity index (χ3v) is 4.62. The quantitative estimate of drug-likeness (QED) is 0.519. The van der Waals surface area contributed by atoms with E-state index in [1.165, 1.54) is 18.0 Å². The molecule has 1 aliphatic heterocycles. The van der Waals surface area contributed by atoms with Crippen molar-refractivity contribution >= 4 is 23.5 Å². The number of nitrogens with zero attached hydrogens (tertiary/aromatic N) is 1. The molecule has 2 aromatic rings. The van der Waals surface area contributed by atoms with Crippen LogP contribution in [0.5, 0.6) is 0 Å². The van der Waals surface area contributed by atoms with Gasteiger partial charge in [0.05, 0.1) is 17.4 Å². The van der Waals surface area contributed by atoms with Crippen molar-refractivity contribution in [3.8, 4) is 0 Å². The Hall–Kier alpha value is -2.05. The molecule has 0 saturated heterocycles. The number of amides is 1. The van der Waals surface area contributed by atoms with Gasteiger partial charge in [-0.3, -0.25) is 10.0 Å². The third kappa shape index (κ3) is 2.59. The van der Waals surface area contributed by atoms with Crippen LogP contribution < -0.4 is 9.79 Å². The maximum atomic E-state index is 14.0. The lowest BCUT2D eigenvalue weighted by Crippen LogP contribution is -2.26. The van der Waals surface area contributed by atoms with Crippen LogP contribution in [0.15, 0.2) is 53.4 Å². The van der Waals surface area contributed by atoms with Crippen LogP contribution >= 0.6 is 11.9 Å². The van der Waals surface area contributed by atoms with E-state index in [1.807, 2.05) is 40.7 Å². The van der Waals surface area contributed by atoms with Gasteiger partial charge >= 0.3 is 0 Å². The molecule has 2 aromatic carbocycles. The Morgan fingerprint density at radius 1 is 1.24 bits per heavy atom. The van der Waals surface area contributed by atoms with E-state index in [0.717, 1.165) is 11.3 Å². The van der Waals surface area contributed by atoms with E-state index in [-0.39, 0.29) is 18.3 Å². The predicted molar refractivity (Wildman–Crippen MR) is 78.5 cm³/mol. The SMILES string of the molecule is O=C(CC1c2cccc(F)c2SN1c1ccccc1)NO. The molecular formula is C15H13FN2O2S. The molecule has 0 spiro atoms. The number of anilines is 1. The molecule has 0 bridgehead atoms. The Morgan fingerprint density at radius 3 is 2.71 bits per heavy atom. The number of benzene rings is 2. The van der Waals surface area contributed by atoms with Crippen molar-refractivity contribution in [3.05, 3.63) is 59.9 Å². The second-order valence-electron chi connectivity index (χ2n) is 4.67. The largest absolute Gasteiger partial charge is 0.304 e. The summed E-state index contributed by atoms with van der Waals surface area (Å²) in [6, 6.07) is 14.0. The lowest BCUT2D eigenvalue weighted by atomic mass is 10.0. The van der Waals surface area contributed by atoms with Crippen LogP contribution in [0, 0.1) is 5.82 Å². The lowest BCUT2D eigenvalue weighted by Gasteiger charge is -2.24. The highest BCUT2D eigenvalue weighted by Crippen LogP contribution is 2.49. The summed E-state index contributed by atoms with van der Waals surface area (Å²) < 4.78 is 15.9. The number of fused-ring (bicyclic) bond motifs is 1. The lowest BCUT2D eigenvalue weighted by molar-refractivity contribution is -0.129. The first-order valence-electron chi connectivity index (χ1n) is 6.44. The number of hydrogen-bond donors (Lipinski definition) is 2. The molecule has 1 unspecified atom stereocenters. The molecule has 0 aromatic heterocycles. The number of nitrogens with one attached hydrogen (secondary N) is 1. The van der Waals surface area contributed by atoms with Gasteiger partial charge in [0.2, 0.25) is 5.91 Å². The van der Waals surface area contributed by atoms with Crippen molar-refractivity contribution in [2.45, 2.75) is 17.4 Å². The second-order valence-corrected chi connectivity index (χ2v) is 5.65. The van der Waals surface area contributed by atoms with E-state index in [0.29, 0.717) is 4.90 Å². The molecule has 4 nitrogen and oxygen atoms in total. The van der Waals surface area contributed by atoms with E-state index in [1.54, 1.807) is 11.5 Å². The molecule has 0 fully saturated rings. The number of halogens is 1. The number of hydroxylamine groups is 1. The first-order chi connectivity index (χ1) is 10.2. The van der Waals surface area contributed by atoms with Crippen LogP contribution in [0.1, 0.15) is 18.0 Å². The van der Waals surface area contributed by atoms with Gasteiger partial charge in [-0.25, -0.2) is 9.87 Å². The molecule has 3 rings (SSSR count). The van der Waals surface area contributed by atoms with Gasteiger partial charge < -0.3 is 4.31 Å². The van der Waals surface area contributed by atoms with Gasteiger partial charge in [0.1, 0.15) is 5.82 Å².